The zero-order chi connectivity index (χ0) is 14.5. The molecule has 1 aliphatic rings. The van der Waals surface area contributed by atoms with Crippen molar-refractivity contribution in [2.24, 2.45) is 0 Å². The smallest absolute Gasteiger partial charge is 0.269 e. The fourth-order valence-electron chi connectivity index (χ4n) is 2.11. The molecular formula is C13H16N2O5. The van der Waals surface area contributed by atoms with Gasteiger partial charge in [-0.15, -0.1) is 0 Å². The summed E-state index contributed by atoms with van der Waals surface area (Å²) in [6.45, 7) is 1.64. The van der Waals surface area contributed by atoms with Gasteiger partial charge in [0, 0.05) is 24.2 Å². The number of hydrogen-bond acceptors (Lipinski definition) is 6. The number of rotatable bonds is 5. The van der Waals surface area contributed by atoms with E-state index in [-0.39, 0.29) is 30.7 Å². The second-order valence-corrected chi connectivity index (χ2v) is 4.61. The van der Waals surface area contributed by atoms with Crippen molar-refractivity contribution in [2.45, 2.75) is 6.04 Å². The Kier molecular flexibility index (Phi) is 4.78. The number of nitrogens with zero attached hydrogens (tertiary/aromatic N) is 2. The highest BCUT2D eigenvalue weighted by Gasteiger charge is 2.24. The van der Waals surface area contributed by atoms with Gasteiger partial charge in [-0.1, -0.05) is 0 Å². The van der Waals surface area contributed by atoms with E-state index in [9.17, 15) is 20.0 Å². The Bertz CT molecular complexity index is 488. The van der Waals surface area contributed by atoms with E-state index in [0.29, 0.717) is 25.3 Å². The van der Waals surface area contributed by atoms with Crippen LogP contribution in [0.25, 0.3) is 0 Å². The Balaban J connectivity index is 2.01. The number of carbonyl (C=O) groups excluding carboxylic acids is 1. The zero-order valence-electron chi connectivity index (χ0n) is 10.9. The van der Waals surface area contributed by atoms with Crippen LogP contribution in [-0.4, -0.2) is 59.7 Å². The Morgan fingerprint density at radius 1 is 1.45 bits per heavy atom. The molecule has 0 aliphatic carbocycles. The molecule has 1 heterocycles. The Morgan fingerprint density at radius 3 is 2.75 bits per heavy atom. The molecule has 2 rings (SSSR count). The minimum atomic E-state index is -0.502. The van der Waals surface area contributed by atoms with Crippen LogP contribution < -0.4 is 0 Å². The number of nitro benzene ring substituents is 1. The number of nitro groups is 1. The molecule has 108 valence electrons. The van der Waals surface area contributed by atoms with E-state index in [1.165, 1.54) is 24.3 Å². The van der Waals surface area contributed by atoms with Crippen LogP contribution in [0, 0.1) is 10.1 Å². The molecule has 1 fully saturated rings. The number of Topliss-reactive ketones (excluding diaryl/α,β-unsaturated/α-hetero) is 1. The number of ketones is 1. The van der Waals surface area contributed by atoms with Crippen molar-refractivity contribution < 1.29 is 19.6 Å². The Hall–Kier alpha value is -1.83. The van der Waals surface area contributed by atoms with Crippen molar-refractivity contribution >= 4 is 11.5 Å². The van der Waals surface area contributed by atoms with Crippen LogP contribution in [-0.2, 0) is 4.74 Å². The second-order valence-electron chi connectivity index (χ2n) is 4.61. The number of ether oxygens (including phenoxy) is 1. The summed E-state index contributed by atoms with van der Waals surface area (Å²) in [5.74, 6) is -0.125. The molecule has 0 spiro atoms. The molecule has 0 saturated carbocycles. The summed E-state index contributed by atoms with van der Waals surface area (Å²) in [4.78, 5) is 24.0. The highest BCUT2D eigenvalue weighted by atomic mass is 16.6. The molecule has 1 saturated heterocycles. The van der Waals surface area contributed by atoms with Crippen LogP contribution in [0.2, 0.25) is 0 Å². The van der Waals surface area contributed by atoms with Gasteiger partial charge < -0.3 is 9.84 Å². The molecule has 1 aliphatic heterocycles. The van der Waals surface area contributed by atoms with Crippen molar-refractivity contribution in [3.8, 4) is 0 Å². The summed E-state index contributed by atoms with van der Waals surface area (Å²) >= 11 is 0. The first-order valence-corrected chi connectivity index (χ1v) is 6.32. The molecule has 0 bridgehead atoms. The van der Waals surface area contributed by atoms with Crippen LogP contribution in [0.5, 0.6) is 0 Å². The summed E-state index contributed by atoms with van der Waals surface area (Å²) in [5, 5.41) is 19.8. The number of non-ortho nitro benzene ring substituents is 1. The number of benzene rings is 1. The van der Waals surface area contributed by atoms with Crippen molar-refractivity contribution in [1.29, 1.82) is 0 Å². The number of aliphatic hydroxyl groups is 1. The number of morpholine rings is 1. The van der Waals surface area contributed by atoms with E-state index >= 15 is 0 Å². The fourth-order valence-corrected chi connectivity index (χ4v) is 2.11. The van der Waals surface area contributed by atoms with Gasteiger partial charge in [-0.3, -0.25) is 19.8 Å². The zero-order valence-corrected chi connectivity index (χ0v) is 10.9. The van der Waals surface area contributed by atoms with E-state index < -0.39 is 4.92 Å². The maximum absolute atomic E-state index is 12.1. The van der Waals surface area contributed by atoms with Gasteiger partial charge >= 0.3 is 0 Å². The van der Waals surface area contributed by atoms with Gasteiger partial charge in [-0.05, 0) is 12.1 Å². The molecule has 20 heavy (non-hydrogen) atoms. The third-order valence-electron chi connectivity index (χ3n) is 3.31. The topological polar surface area (TPSA) is 92.9 Å². The standard InChI is InChI=1S/C13H16N2O5/c16-8-12-9-20-6-5-14(12)7-13(17)10-1-3-11(4-2-10)15(18)19/h1-4,12,16H,5-9H2. The van der Waals surface area contributed by atoms with E-state index in [2.05, 4.69) is 0 Å². The van der Waals surface area contributed by atoms with Crippen LogP contribution in [0.4, 0.5) is 5.69 Å². The van der Waals surface area contributed by atoms with Crippen LogP contribution in [0.3, 0.4) is 0 Å². The van der Waals surface area contributed by atoms with Crippen LogP contribution in [0.15, 0.2) is 24.3 Å². The fraction of sp³-hybridized carbons (Fsp3) is 0.462. The van der Waals surface area contributed by atoms with Crippen molar-refractivity contribution in [2.75, 3.05) is 32.9 Å². The first kappa shape index (κ1) is 14.6. The third kappa shape index (κ3) is 3.38. The Labute approximate surface area is 115 Å². The molecular weight excluding hydrogens is 264 g/mol. The lowest BCUT2D eigenvalue weighted by Gasteiger charge is -2.33. The van der Waals surface area contributed by atoms with Crippen molar-refractivity contribution in [3.05, 3.63) is 39.9 Å². The average Bonchev–Trinajstić information content (AvgIpc) is 2.48. The monoisotopic (exact) mass is 280 g/mol. The average molecular weight is 280 g/mol. The predicted molar refractivity (Wildman–Crippen MR) is 70.7 cm³/mol. The third-order valence-corrected chi connectivity index (χ3v) is 3.31. The molecule has 1 aromatic rings. The first-order chi connectivity index (χ1) is 9.61. The highest BCUT2D eigenvalue weighted by molar-refractivity contribution is 5.97. The minimum Gasteiger partial charge on any atom is -0.395 e. The first-order valence-electron chi connectivity index (χ1n) is 6.32. The normalized spacial score (nSPS) is 19.8. The Morgan fingerprint density at radius 2 is 2.15 bits per heavy atom. The van der Waals surface area contributed by atoms with Gasteiger partial charge in [0.2, 0.25) is 0 Å². The summed E-state index contributed by atoms with van der Waals surface area (Å²) in [6.07, 6.45) is 0. The van der Waals surface area contributed by atoms with E-state index in [1.807, 2.05) is 4.90 Å². The molecule has 7 nitrogen and oxygen atoms in total. The largest absolute Gasteiger partial charge is 0.395 e. The van der Waals surface area contributed by atoms with Gasteiger partial charge in [0.05, 0.1) is 37.3 Å². The molecule has 1 atom stereocenters. The lowest BCUT2D eigenvalue weighted by molar-refractivity contribution is -0.384. The molecule has 0 amide bonds. The van der Waals surface area contributed by atoms with Gasteiger partial charge in [0.25, 0.3) is 5.69 Å². The number of carbonyl (C=O) groups is 1. The van der Waals surface area contributed by atoms with Gasteiger partial charge in [-0.2, -0.15) is 0 Å². The van der Waals surface area contributed by atoms with Crippen molar-refractivity contribution in [3.63, 3.8) is 0 Å². The van der Waals surface area contributed by atoms with Gasteiger partial charge in [0.15, 0.2) is 5.78 Å². The maximum atomic E-state index is 12.1. The summed E-state index contributed by atoms with van der Waals surface area (Å²) in [7, 11) is 0. The maximum Gasteiger partial charge on any atom is 0.269 e. The summed E-state index contributed by atoms with van der Waals surface area (Å²) < 4.78 is 5.24. The highest BCUT2D eigenvalue weighted by Crippen LogP contribution is 2.14. The summed E-state index contributed by atoms with van der Waals surface area (Å²) in [6, 6.07) is 5.36. The van der Waals surface area contributed by atoms with Gasteiger partial charge in [-0.25, -0.2) is 0 Å². The molecule has 7 heteroatoms. The lowest BCUT2D eigenvalue weighted by Crippen LogP contribution is -2.49. The van der Waals surface area contributed by atoms with E-state index in [0.717, 1.165) is 0 Å². The minimum absolute atomic E-state index is 0.0406. The van der Waals surface area contributed by atoms with Crippen LogP contribution >= 0.6 is 0 Å². The lowest BCUT2D eigenvalue weighted by atomic mass is 10.1. The second kappa shape index (κ2) is 6.56. The molecule has 0 aromatic heterocycles. The summed E-state index contributed by atoms with van der Waals surface area (Å²) in [5.41, 5.74) is 0.389. The molecule has 1 aromatic carbocycles. The molecule has 1 unspecified atom stereocenters. The predicted octanol–water partition coefficient (Wildman–Crippen LogP) is 0.471. The van der Waals surface area contributed by atoms with E-state index in [4.69, 9.17) is 4.74 Å². The van der Waals surface area contributed by atoms with Crippen molar-refractivity contribution in [1.82, 2.24) is 4.90 Å². The quantitative estimate of drug-likeness (QED) is 0.479. The van der Waals surface area contributed by atoms with E-state index in [1.54, 1.807) is 0 Å². The molecule has 1 N–H and O–H groups in total. The number of aliphatic hydroxyl groups excluding tert-OH is 1. The molecule has 0 radical (unpaired) electrons. The van der Waals surface area contributed by atoms with Gasteiger partial charge in [0.1, 0.15) is 0 Å². The number of hydrogen-bond donors (Lipinski definition) is 1. The SMILES string of the molecule is O=C(CN1CCOCC1CO)c1ccc([N+](=O)[O-])cc1. The van der Waals surface area contributed by atoms with Crippen LogP contribution in [0.1, 0.15) is 10.4 Å².